The highest BCUT2D eigenvalue weighted by Gasteiger charge is 2.23. The van der Waals surface area contributed by atoms with E-state index in [1.165, 1.54) is 17.3 Å². The summed E-state index contributed by atoms with van der Waals surface area (Å²) in [5.74, 6) is 0.460. The Morgan fingerprint density at radius 2 is 1.95 bits per heavy atom. The van der Waals surface area contributed by atoms with Crippen LogP contribution in [0.3, 0.4) is 0 Å². The molecule has 2 aromatic rings. The molecular formula is C16H17N3OS2. The standard InChI is InChI=1S/C16H17N3OS2/c1-11-4-2-3-5-13(11)22-16-15(17-8-9-18-16)21-10-14(20)19-12-6-7-12/h2-5,8-9,12H,6-7,10H2,1H3,(H,19,20). The van der Waals surface area contributed by atoms with Gasteiger partial charge in [0, 0.05) is 23.3 Å². The van der Waals surface area contributed by atoms with E-state index >= 15 is 0 Å². The highest BCUT2D eigenvalue weighted by atomic mass is 32.2. The van der Waals surface area contributed by atoms with Crippen molar-refractivity contribution in [3.8, 4) is 0 Å². The van der Waals surface area contributed by atoms with Gasteiger partial charge in [-0.15, -0.1) is 0 Å². The van der Waals surface area contributed by atoms with Crippen molar-refractivity contribution in [3.05, 3.63) is 42.2 Å². The molecule has 6 heteroatoms. The van der Waals surface area contributed by atoms with E-state index in [0.29, 0.717) is 11.8 Å². The van der Waals surface area contributed by atoms with Gasteiger partial charge in [0.2, 0.25) is 5.91 Å². The summed E-state index contributed by atoms with van der Waals surface area (Å²) >= 11 is 3.04. The number of hydrogen-bond donors (Lipinski definition) is 1. The zero-order chi connectivity index (χ0) is 15.4. The summed E-state index contributed by atoms with van der Waals surface area (Å²) in [6.07, 6.45) is 5.57. The van der Waals surface area contributed by atoms with Crippen LogP contribution in [0.5, 0.6) is 0 Å². The first-order valence-electron chi connectivity index (χ1n) is 7.19. The topological polar surface area (TPSA) is 54.9 Å². The molecule has 1 saturated carbocycles. The fraction of sp³-hybridized carbons (Fsp3) is 0.312. The van der Waals surface area contributed by atoms with E-state index in [4.69, 9.17) is 0 Å². The van der Waals surface area contributed by atoms with E-state index in [1.54, 1.807) is 24.2 Å². The fourth-order valence-electron chi connectivity index (χ4n) is 1.89. The lowest BCUT2D eigenvalue weighted by atomic mass is 10.2. The zero-order valence-corrected chi connectivity index (χ0v) is 13.9. The molecule has 22 heavy (non-hydrogen) atoms. The molecule has 1 fully saturated rings. The van der Waals surface area contributed by atoms with Crippen LogP contribution >= 0.6 is 23.5 Å². The van der Waals surface area contributed by atoms with Crippen molar-refractivity contribution in [1.82, 2.24) is 15.3 Å². The molecule has 1 aliphatic rings. The number of carbonyl (C=O) groups excluding carboxylic acids is 1. The number of aromatic nitrogens is 2. The van der Waals surface area contributed by atoms with Crippen LogP contribution in [0.15, 0.2) is 51.6 Å². The van der Waals surface area contributed by atoms with Gasteiger partial charge in [0.05, 0.1) is 5.75 Å². The lowest BCUT2D eigenvalue weighted by Crippen LogP contribution is -2.27. The van der Waals surface area contributed by atoms with Crippen LogP contribution in [-0.2, 0) is 4.79 Å². The van der Waals surface area contributed by atoms with E-state index < -0.39 is 0 Å². The number of nitrogens with zero attached hydrogens (tertiary/aromatic N) is 2. The van der Waals surface area contributed by atoms with Crippen LogP contribution in [0, 0.1) is 6.92 Å². The molecule has 1 N–H and O–H groups in total. The maximum atomic E-state index is 11.8. The molecule has 3 rings (SSSR count). The Morgan fingerprint density at radius 1 is 1.23 bits per heavy atom. The quantitative estimate of drug-likeness (QED) is 0.823. The summed E-state index contributed by atoms with van der Waals surface area (Å²) in [5.41, 5.74) is 1.21. The van der Waals surface area contributed by atoms with Crippen molar-refractivity contribution < 1.29 is 4.79 Å². The smallest absolute Gasteiger partial charge is 0.230 e. The monoisotopic (exact) mass is 331 g/mol. The molecule has 1 aromatic heterocycles. The Hall–Kier alpha value is -1.53. The molecule has 4 nitrogen and oxygen atoms in total. The third kappa shape index (κ3) is 4.24. The van der Waals surface area contributed by atoms with Crippen LogP contribution in [0.1, 0.15) is 18.4 Å². The molecule has 0 radical (unpaired) electrons. The zero-order valence-electron chi connectivity index (χ0n) is 12.3. The van der Waals surface area contributed by atoms with Crippen molar-refractivity contribution in [3.63, 3.8) is 0 Å². The normalized spacial score (nSPS) is 13.9. The predicted octanol–water partition coefficient (Wildman–Crippen LogP) is 3.31. The van der Waals surface area contributed by atoms with Crippen LogP contribution in [0.4, 0.5) is 0 Å². The predicted molar refractivity (Wildman–Crippen MR) is 89.2 cm³/mol. The van der Waals surface area contributed by atoms with E-state index in [9.17, 15) is 4.79 Å². The van der Waals surface area contributed by atoms with Crippen LogP contribution in [0.2, 0.25) is 0 Å². The minimum atomic E-state index is 0.0741. The van der Waals surface area contributed by atoms with Gasteiger partial charge in [0.1, 0.15) is 10.1 Å². The summed E-state index contributed by atoms with van der Waals surface area (Å²) in [6.45, 7) is 2.08. The number of amides is 1. The van der Waals surface area contributed by atoms with Crippen LogP contribution in [0.25, 0.3) is 0 Å². The molecular weight excluding hydrogens is 314 g/mol. The summed E-state index contributed by atoms with van der Waals surface area (Å²) < 4.78 is 0. The molecule has 0 atom stereocenters. The van der Waals surface area contributed by atoms with Gasteiger partial charge in [-0.05, 0) is 31.4 Å². The molecule has 1 heterocycles. The number of carbonyl (C=O) groups is 1. The lowest BCUT2D eigenvalue weighted by molar-refractivity contribution is -0.118. The second-order valence-electron chi connectivity index (χ2n) is 5.16. The molecule has 0 bridgehead atoms. The molecule has 0 saturated heterocycles. The van der Waals surface area contributed by atoms with Gasteiger partial charge >= 0.3 is 0 Å². The first kappa shape index (κ1) is 15.4. The second kappa shape index (κ2) is 7.15. The van der Waals surface area contributed by atoms with Gasteiger partial charge in [-0.25, -0.2) is 9.97 Å². The van der Waals surface area contributed by atoms with Crippen molar-refractivity contribution in [1.29, 1.82) is 0 Å². The molecule has 1 aliphatic carbocycles. The Kier molecular flexibility index (Phi) is 5.00. The van der Waals surface area contributed by atoms with Crippen LogP contribution < -0.4 is 5.32 Å². The van der Waals surface area contributed by atoms with Gasteiger partial charge in [0.25, 0.3) is 0 Å². The van der Waals surface area contributed by atoms with E-state index in [-0.39, 0.29) is 5.91 Å². The van der Waals surface area contributed by atoms with E-state index in [1.807, 2.05) is 12.1 Å². The summed E-state index contributed by atoms with van der Waals surface area (Å²) in [6, 6.07) is 8.59. The number of benzene rings is 1. The number of rotatable bonds is 6. The van der Waals surface area contributed by atoms with E-state index in [2.05, 4.69) is 34.3 Å². The van der Waals surface area contributed by atoms with Gasteiger partial charge in [-0.1, -0.05) is 41.7 Å². The SMILES string of the molecule is Cc1ccccc1Sc1nccnc1SCC(=O)NC1CC1. The molecule has 1 aromatic carbocycles. The average molecular weight is 331 g/mol. The third-order valence-corrected chi connectivity index (χ3v) is 5.49. The minimum absolute atomic E-state index is 0.0741. The third-order valence-electron chi connectivity index (χ3n) is 3.22. The minimum Gasteiger partial charge on any atom is -0.353 e. The largest absolute Gasteiger partial charge is 0.353 e. The number of nitrogens with one attached hydrogen (secondary N) is 1. The maximum absolute atomic E-state index is 11.8. The lowest BCUT2D eigenvalue weighted by Gasteiger charge is -2.08. The number of thioether (sulfide) groups is 1. The summed E-state index contributed by atoms with van der Waals surface area (Å²) in [4.78, 5) is 21.7. The molecule has 0 unspecified atom stereocenters. The molecule has 1 amide bonds. The Labute approximate surface area is 138 Å². The highest BCUT2D eigenvalue weighted by Crippen LogP contribution is 2.34. The fourth-order valence-corrected chi connectivity index (χ4v) is 3.69. The summed E-state index contributed by atoms with van der Waals surface area (Å²) in [5, 5.41) is 4.64. The van der Waals surface area contributed by atoms with Crippen molar-refractivity contribution >= 4 is 29.4 Å². The molecule has 0 aliphatic heterocycles. The van der Waals surface area contributed by atoms with Crippen molar-refractivity contribution in [2.24, 2.45) is 0 Å². The van der Waals surface area contributed by atoms with Crippen LogP contribution in [-0.4, -0.2) is 27.7 Å². The molecule has 114 valence electrons. The van der Waals surface area contributed by atoms with E-state index in [0.717, 1.165) is 27.8 Å². The van der Waals surface area contributed by atoms with Gasteiger partial charge < -0.3 is 5.32 Å². The Balaban J connectivity index is 1.66. The summed E-state index contributed by atoms with van der Waals surface area (Å²) in [7, 11) is 0. The maximum Gasteiger partial charge on any atom is 0.230 e. The number of hydrogen-bond acceptors (Lipinski definition) is 5. The Bertz CT molecular complexity index is 674. The first-order chi connectivity index (χ1) is 10.7. The average Bonchev–Trinajstić information content (AvgIpc) is 3.32. The van der Waals surface area contributed by atoms with Gasteiger partial charge in [0.15, 0.2) is 0 Å². The van der Waals surface area contributed by atoms with Crippen molar-refractivity contribution in [2.75, 3.05) is 5.75 Å². The number of aryl methyl sites for hydroxylation is 1. The highest BCUT2D eigenvalue weighted by molar-refractivity contribution is 8.02. The molecule has 0 spiro atoms. The second-order valence-corrected chi connectivity index (χ2v) is 7.16. The van der Waals surface area contributed by atoms with Gasteiger partial charge in [-0.2, -0.15) is 0 Å². The Morgan fingerprint density at radius 3 is 2.68 bits per heavy atom. The van der Waals surface area contributed by atoms with Gasteiger partial charge in [-0.3, -0.25) is 4.79 Å². The van der Waals surface area contributed by atoms with Crippen molar-refractivity contribution in [2.45, 2.75) is 40.8 Å². The first-order valence-corrected chi connectivity index (χ1v) is 8.99.